The van der Waals surface area contributed by atoms with Crippen molar-refractivity contribution in [3.05, 3.63) is 107 Å². The molecule has 1 aliphatic rings. The summed E-state index contributed by atoms with van der Waals surface area (Å²) in [7, 11) is 1.28. The van der Waals surface area contributed by atoms with Gasteiger partial charge in [-0.1, -0.05) is 70.5 Å². The van der Waals surface area contributed by atoms with Crippen LogP contribution in [0.4, 0.5) is 10.5 Å². The Balaban J connectivity index is 1.51. The van der Waals surface area contributed by atoms with Crippen LogP contribution in [0.5, 0.6) is 0 Å². The first-order chi connectivity index (χ1) is 20.0. The highest BCUT2D eigenvalue weighted by atomic mass is 79.9. The summed E-state index contributed by atoms with van der Waals surface area (Å²) < 4.78 is 7.74. The minimum absolute atomic E-state index is 0.429. The highest BCUT2D eigenvalue weighted by Crippen LogP contribution is 2.33. The third kappa shape index (κ3) is 5.41. The van der Waals surface area contributed by atoms with Crippen LogP contribution in [0, 0.1) is 0 Å². The van der Waals surface area contributed by atoms with Crippen LogP contribution in [0.25, 0.3) is 22.2 Å². The Kier molecular flexibility index (Phi) is 7.45. The van der Waals surface area contributed by atoms with Crippen molar-refractivity contribution in [1.29, 1.82) is 0 Å². The zero-order chi connectivity index (χ0) is 28.3. The average molecular weight is 612 g/mol. The Labute approximate surface area is 244 Å². The van der Waals surface area contributed by atoms with Crippen molar-refractivity contribution in [2.45, 2.75) is 19.6 Å². The minimum atomic E-state index is -0.717. The molecular formula is C30H26BrN7O3. The van der Waals surface area contributed by atoms with Gasteiger partial charge in [0.15, 0.2) is 0 Å². The zero-order valence-corrected chi connectivity index (χ0v) is 23.8. The molecule has 0 aliphatic carbocycles. The third-order valence-corrected chi connectivity index (χ3v) is 7.47. The van der Waals surface area contributed by atoms with Gasteiger partial charge in [-0.2, -0.15) is 10.1 Å². The van der Waals surface area contributed by atoms with Gasteiger partial charge in [0.2, 0.25) is 0 Å². The molecule has 11 heteroatoms. The summed E-state index contributed by atoms with van der Waals surface area (Å²) in [4.78, 5) is 38.8. The number of hydrazine groups is 1. The number of hydrogen-bond acceptors (Lipinski definition) is 7. The number of ether oxygens (including phenoxy) is 1. The van der Waals surface area contributed by atoms with E-state index in [1.54, 1.807) is 30.6 Å². The maximum atomic E-state index is 14.3. The maximum Gasteiger partial charge on any atom is 0.433 e. The number of anilines is 1. The Hall–Kier alpha value is -4.61. The quantitative estimate of drug-likeness (QED) is 0.273. The van der Waals surface area contributed by atoms with E-state index in [0.29, 0.717) is 47.5 Å². The van der Waals surface area contributed by atoms with Crippen molar-refractivity contribution in [2.24, 2.45) is 0 Å². The van der Waals surface area contributed by atoms with Crippen molar-refractivity contribution in [1.82, 2.24) is 30.1 Å². The molecule has 2 aromatic heterocycles. The number of hydrogen-bond donors (Lipinski definition) is 1. The molecule has 0 atom stereocenters. The van der Waals surface area contributed by atoms with Gasteiger partial charge in [-0.15, -0.1) is 0 Å². The average Bonchev–Trinajstić information content (AvgIpc) is 3.48. The Morgan fingerprint density at radius 2 is 1.78 bits per heavy atom. The van der Waals surface area contributed by atoms with Crippen molar-refractivity contribution in [2.75, 3.05) is 18.7 Å². The van der Waals surface area contributed by atoms with E-state index in [-0.39, 0.29) is 0 Å². The molecule has 41 heavy (non-hydrogen) atoms. The summed E-state index contributed by atoms with van der Waals surface area (Å²) in [6.45, 7) is 2.42. The first kappa shape index (κ1) is 26.6. The van der Waals surface area contributed by atoms with Crippen LogP contribution in [-0.4, -0.2) is 50.3 Å². The predicted molar refractivity (Wildman–Crippen MR) is 158 cm³/mol. The summed E-state index contributed by atoms with van der Waals surface area (Å²) in [6, 6.07) is 24.3. The fourth-order valence-electron chi connectivity index (χ4n) is 5.04. The molecule has 0 bridgehead atoms. The van der Waals surface area contributed by atoms with Gasteiger partial charge in [-0.25, -0.2) is 19.4 Å². The number of halogens is 1. The molecule has 2 amide bonds. The maximum absolute atomic E-state index is 14.3. The third-order valence-electron chi connectivity index (χ3n) is 6.98. The van der Waals surface area contributed by atoms with Crippen LogP contribution in [0.1, 0.15) is 21.7 Å². The molecule has 0 spiro atoms. The molecule has 3 aromatic carbocycles. The predicted octanol–water partition coefficient (Wildman–Crippen LogP) is 5.19. The largest absolute Gasteiger partial charge is 0.451 e. The molecule has 1 aliphatic heterocycles. The molecular weight excluding hydrogens is 586 g/mol. The second kappa shape index (κ2) is 11.5. The van der Waals surface area contributed by atoms with Gasteiger partial charge in [-0.3, -0.25) is 15.1 Å². The first-order valence-electron chi connectivity index (χ1n) is 13.0. The molecule has 0 saturated carbocycles. The zero-order valence-electron chi connectivity index (χ0n) is 22.2. The molecule has 0 fully saturated rings. The number of pyridine rings is 1. The number of amides is 2. The van der Waals surface area contributed by atoms with E-state index in [1.165, 1.54) is 7.11 Å². The lowest BCUT2D eigenvalue weighted by Crippen LogP contribution is -2.47. The highest BCUT2D eigenvalue weighted by molar-refractivity contribution is 9.10. The topological polar surface area (TPSA) is 105 Å². The Morgan fingerprint density at radius 3 is 2.54 bits per heavy atom. The number of fused-ring (bicyclic) bond motifs is 2. The molecule has 1 N–H and O–H groups in total. The smallest absolute Gasteiger partial charge is 0.433 e. The van der Waals surface area contributed by atoms with E-state index in [0.717, 1.165) is 33.0 Å². The monoisotopic (exact) mass is 611 g/mol. The van der Waals surface area contributed by atoms with Gasteiger partial charge in [0.1, 0.15) is 12.2 Å². The summed E-state index contributed by atoms with van der Waals surface area (Å²) in [5, 5.41) is 6.07. The SMILES string of the molecule is COC(=O)N(NC(=O)c1c(CN2CCn3ncnc3C2)c(-c2ccccc2)nc2cc(Br)ccc12)c1ccccc1. The van der Waals surface area contributed by atoms with Crippen LogP contribution >= 0.6 is 15.9 Å². The lowest BCUT2D eigenvalue weighted by molar-refractivity contribution is 0.0940. The van der Waals surface area contributed by atoms with Crippen molar-refractivity contribution < 1.29 is 14.3 Å². The number of para-hydroxylation sites is 1. The molecule has 0 unspecified atom stereocenters. The molecule has 0 saturated heterocycles. The van der Waals surface area contributed by atoms with Gasteiger partial charge in [0.05, 0.1) is 42.7 Å². The number of nitrogens with one attached hydrogen (secondary N) is 1. The van der Waals surface area contributed by atoms with Crippen LogP contribution in [0.3, 0.4) is 0 Å². The van der Waals surface area contributed by atoms with Crippen LogP contribution in [0.2, 0.25) is 0 Å². The molecule has 206 valence electrons. The second-order valence-corrected chi connectivity index (χ2v) is 10.4. The van der Waals surface area contributed by atoms with Gasteiger partial charge in [0.25, 0.3) is 5.91 Å². The summed E-state index contributed by atoms with van der Waals surface area (Å²) >= 11 is 3.55. The fourth-order valence-corrected chi connectivity index (χ4v) is 5.39. The van der Waals surface area contributed by atoms with Crippen molar-refractivity contribution in [3.63, 3.8) is 0 Å². The van der Waals surface area contributed by atoms with E-state index >= 15 is 0 Å². The lowest BCUT2D eigenvalue weighted by atomic mass is 9.95. The molecule has 10 nitrogen and oxygen atoms in total. The van der Waals surface area contributed by atoms with Crippen LogP contribution in [0.15, 0.2) is 89.7 Å². The Morgan fingerprint density at radius 1 is 1.02 bits per heavy atom. The Bertz CT molecular complexity index is 1730. The van der Waals surface area contributed by atoms with Crippen LogP contribution < -0.4 is 10.4 Å². The number of carbonyl (C=O) groups excluding carboxylic acids is 2. The number of methoxy groups -OCH3 is 1. The number of benzene rings is 3. The molecule has 0 radical (unpaired) electrons. The molecule has 5 aromatic rings. The van der Waals surface area contributed by atoms with E-state index in [2.05, 4.69) is 36.3 Å². The normalized spacial score (nSPS) is 13.0. The highest BCUT2D eigenvalue weighted by Gasteiger charge is 2.28. The fraction of sp³-hybridized carbons (Fsp3) is 0.167. The second-order valence-electron chi connectivity index (χ2n) is 9.53. The summed E-state index contributed by atoms with van der Waals surface area (Å²) in [6.07, 6.45) is 0.846. The number of rotatable bonds is 5. The summed E-state index contributed by atoms with van der Waals surface area (Å²) in [5.41, 5.74) is 6.67. The summed E-state index contributed by atoms with van der Waals surface area (Å²) in [5.74, 6) is 0.406. The van der Waals surface area contributed by atoms with E-state index in [9.17, 15) is 9.59 Å². The van der Waals surface area contributed by atoms with E-state index in [1.807, 2.05) is 59.3 Å². The number of carbonyl (C=O) groups is 2. The van der Waals surface area contributed by atoms with Crippen molar-refractivity contribution in [3.8, 4) is 11.3 Å². The van der Waals surface area contributed by atoms with Gasteiger partial charge >= 0.3 is 6.09 Å². The van der Waals surface area contributed by atoms with Gasteiger partial charge < -0.3 is 4.74 Å². The molecule has 6 rings (SSSR count). The van der Waals surface area contributed by atoms with Gasteiger partial charge in [0, 0.05) is 34.1 Å². The van der Waals surface area contributed by atoms with E-state index in [4.69, 9.17) is 9.72 Å². The molecule has 3 heterocycles. The number of aromatic nitrogens is 4. The van der Waals surface area contributed by atoms with Crippen LogP contribution in [-0.2, 0) is 24.4 Å². The number of nitrogens with zero attached hydrogens (tertiary/aromatic N) is 6. The first-order valence-corrected chi connectivity index (χ1v) is 13.8. The lowest BCUT2D eigenvalue weighted by Gasteiger charge is -2.29. The van der Waals surface area contributed by atoms with Crippen molar-refractivity contribution >= 4 is 44.5 Å². The van der Waals surface area contributed by atoms with Gasteiger partial charge in [-0.05, 0) is 24.3 Å². The minimum Gasteiger partial charge on any atom is -0.451 e. The van der Waals surface area contributed by atoms with E-state index < -0.39 is 12.0 Å². The standard InChI is InChI=1S/C30H26BrN7O3/c1-41-30(40)38(22-10-6-3-7-11-22)35-29(39)27-23-13-12-21(31)16-25(23)34-28(20-8-4-2-5-9-20)24(27)17-36-14-15-37-26(18-36)32-19-33-37/h2-13,16,19H,14-15,17-18H2,1H3,(H,35,39).